The largest absolute Gasteiger partial charge is 0.319 e. The van der Waals surface area contributed by atoms with Crippen LogP contribution in [0.3, 0.4) is 0 Å². The summed E-state index contributed by atoms with van der Waals surface area (Å²) in [5.41, 5.74) is 6.45. The summed E-state index contributed by atoms with van der Waals surface area (Å²) in [7, 11) is 0. The Morgan fingerprint density at radius 3 is 2.85 bits per heavy atom. The summed E-state index contributed by atoms with van der Waals surface area (Å²) in [6.45, 7) is 2.05. The minimum atomic E-state index is -0.462. The molecule has 3 heteroatoms. The van der Waals surface area contributed by atoms with E-state index < -0.39 is 5.54 Å². The quantitative estimate of drug-likeness (QED) is 0.797. The molecule has 0 atom stereocenters. The van der Waals surface area contributed by atoms with Crippen molar-refractivity contribution in [2.45, 2.75) is 31.7 Å². The van der Waals surface area contributed by atoms with Crippen molar-refractivity contribution in [3.63, 3.8) is 0 Å². The first-order chi connectivity index (χ1) is 6.10. The fraction of sp³-hybridized carbons (Fsp3) is 0.500. The van der Waals surface area contributed by atoms with Crippen LogP contribution in [0.2, 0.25) is 0 Å². The van der Waals surface area contributed by atoms with E-state index in [9.17, 15) is 4.79 Å². The van der Waals surface area contributed by atoms with Crippen LogP contribution < -0.4 is 5.73 Å². The molecular weight excluding hydrogens is 182 g/mol. The minimum Gasteiger partial charge on any atom is -0.319 e. The Kier molecular flexibility index (Phi) is 2.00. The van der Waals surface area contributed by atoms with Crippen molar-refractivity contribution in [2.24, 2.45) is 5.73 Å². The molecule has 1 saturated carbocycles. The highest BCUT2D eigenvalue weighted by molar-refractivity contribution is 7.10. The molecule has 1 aliphatic rings. The van der Waals surface area contributed by atoms with E-state index in [-0.39, 0.29) is 5.78 Å². The highest BCUT2D eigenvalue weighted by Gasteiger charge is 2.44. The number of ketones is 1. The Bertz CT molecular complexity index is 338. The highest BCUT2D eigenvalue weighted by atomic mass is 32.1. The number of thiophene rings is 1. The van der Waals surface area contributed by atoms with Crippen LogP contribution in [0.1, 0.15) is 23.3 Å². The molecule has 70 valence electrons. The van der Waals surface area contributed by atoms with E-state index in [1.807, 2.05) is 12.3 Å². The van der Waals surface area contributed by atoms with E-state index >= 15 is 0 Å². The van der Waals surface area contributed by atoms with Gasteiger partial charge < -0.3 is 5.73 Å². The number of aryl methyl sites for hydroxylation is 1. The zero-order chi connectivity index (χ0) is 9.47. The lowest BCUT2D eigenvalue weighted by Gasteiger charge is -2.04. The van der Waals surface area contributed by atoms with E-state index in [1.165, 1.54) is 4.88 Å². The van der Waals surface area contributed by atoms with Gasteiger partial charge in [-0.1, -0.05) is 0 Å². The van der Waals surface area contributed by atoms with Crippen LogP contribution in [0.4, 0.5) is 0 Å². The molecule has 0 unspecified atom stereocenters. The van der Waals surface area contributed by atoms with Crippen LogP contribution >= 0.6 is 11.3 Å². The van der Waals surface area contributed by atoms with Gasteiger partial charge in [-0.2, -0.15) is 0 Å². The molecule has 0 saturated heterocycles. The molecule has 0 amide bonds. The third-order valence-electron chi connectivity index (χ3n) is 2.49. The van der Waals surface area contributed by atoms with Gasteiger partial charge in [0.1, 0.15) is 0 Å². The average molecular weight is 195 g/mol. The predicted octanol–water partition coefficient (Wildman–Crippen LogP) is 1.66. The normalized spacial score (nSPS) is 18.6. The number of Topliss-reactive ketones (excluding diaryl/α,β-unsaturated/α-hetero) is 1. The molecule has 0 spiro atoms. The summed E-state index contributed by atoms with van der Waals surface area (Å²) in [5, 5.41) is 2.04. The summed E-state index contributed by atoms with van der Waals surface area (Å²) in [6, 6.07) is 2.06. The molecule has 1 aliphatic carbocycles. The fourth-order valence-electron chi connectivity index (χ4n) is 1.37. The van der Waals surface area contributed by atoms with Crippen LogP contribution in [0.25, 0.3) is 0 Å². The Labute approximate surface area is 81.8 Å². The van der Waals surface area contributed by atoms with Gasteiger partial charge in [0, 0.05) is 11.3 Å². The molecule has 1 heterocycles. The number of hydrogen-bond acceptors (Lipinski definition) is 3. The number of carbonyl (C=O) groups excluding carboxylic acids is 1. The van der Waals surface area contributed by atoms with E-state index in [0.29, 0.717) is 6.42 Å². The molecule has 0 radical (unpaired) electrons. The zero-order valence-corrected chi connectivity index (χ0v) is 8.49. The van der Waals surface area contributed by atoms with E-state index in [4.69, 9.17) is 5.73 Å². The molecule has 13 heavy (non-hydrogen) atoms. The third-order valence-corrected chi connectivity index (χ3v) is 3.40. The molecule has 1 aromatic heterocycles. The van der Waals surface area contributed by atoms with Crippen LogP contribution in [0.5, 0.6) is 0 Å². The average Bonchev–Trinajstić information content (AvgIpc) is 2.69. The summed E-state index contributed by atoms with van der Waals surface area (Å²) in [5.74, 6) is 0.199. The highest BCUT2D eigenvalue weighted by Crippen LogP contribution is 2.34. The van der Waals surface area contributed by atoms with Crippen LogP contribution in [0.15, 0.2) is 11.4 Å². The molecule has 2 N–H and O–H groups in total. The Balaban J connectivity index is 2.02. The van der Waals surface area contributed by atoms with Crippen molar-refractivity contribution < 1.29 is 4.79 Å². The first-order valence-electron chi connectivity index (χ1n) is 4.46. The third kappa shape index (κ3) is 1.81. The molecule has 0 aromatic carbocycles. The van der Waals surface area contributed by atoms with Crippen LogP contribution in [-0.2, 0) is 11.2 Å². The lowest BCUT2D eigenvalue weighted by molar-refractivity contribution is -0.120. The van der Waals surface area contributed by atoms with Gasteiger partial charge in [0.15, 0.2) is 5.78 Å². The lowest BCUT2D eigenvalue weighted by atomic mass is 10.1. The van der Waals surface area contributed by atoms with Crippen molar-refractivity contribution in [1.82, 2.24) is 0 Å². The molecule has 0 bridgehead atoms. The summed E-state index contributed by atoms with van der Waals surface area (Å²) >= 11 is 1.68. The fourth-order valence-corrected chi connectivity index (χ4v) is 2.07. The Morgan fingerprint density at radius 1 is 1.69 bits per heavy atom. The second-order valence-electron chi connectivity index (χ2n) is 3.82. The monoisotopic (exact) mass is 195 g/mol. The van der Waals surface area contributed by atoms with Gasteiger partial charge in [0.25, 0.3) is 0 Å². The van der Waals surface area contributed by atoms with E-state index in [2.05, 4.69) is 6.07 Å². The van der Waals surface area contributed by atoms with Gasteiger partial charge in [0.2, 0.25) is 0 Å². The lowest BCUT2D eigenvalue weighted by Crippen LogP contribution is -2.33. The Hall–Kier alpha value is -0.670. The van der Waals surface area contributed by atoms with E-state index in [0.717, 1.165) is 18.4 Å². The van der Waals surface area contributed by atoms with Crippen molar-refractivity contribution in [3.05, 3.63) is 21.9 Å². The zero-order valence-electron chi connectivity index (χ0n) is 7.67. The second kappa shape index (κ2) is 2.93. The van der Waals surface area contributed by atoms with Crippen molar-refractivity contribution in [3.8, 4) is 0 Å². The predicted molar refractivity (Wildman–Crippen MR) is 53.9 cm³/mol. The smallest absolute Gasteiger partial charge is 0.157 e. The van der Waals surface area contributed by atoms with Crippen LogP contribution in [0, 0.1) is 6.92 Å². The maximum Gasteiger partial charge on any atom is 0.157 e. The number of hydrogen-bond donors (Lipinski definition) is 1. The maximum atomic E-state index is 11.6. The van der Waals surface area contributed by atoms with Gasteiger partial charge in [-0.15, -0.1) is 11.3 Å². The summed E-state index contributed by atoms with van der Waals surface area (Å²) in [4.78, 5) is 12.8. The van der Waals surface area contributed by atoms with Gasteiger partial charge in [0.05, 0.1) is 5.54 Å². The Morgan fingerprint density at radius 2 is 2.38 bits per heavy atom. The molecule has 2 rings (SSSR count). The summed E-state index contributed by atoms with van der Waals surface area (Å²) < 4.78 is 0. The SMILES string of the molecule is Cc1cc(CC(=O)C2(N)CC2)cs1. The minimum absolute atomic E-state index is 0.199. The van der Waals surface area contributed by atoms with Crippen LogP contribution in [-0.4, -0.2) is 11.3 Å². The number of nitrogens with two attached hydrogens (primary N) is 1. The molecule has 0 aliphatic heterocycles. The van der Waals surface area contributed by atoms with Gasteiger partial charge >= 0.3 is 0 Å². The summed E-state index contributed by atoms with van der Waals surface area (Å²) in [6.07, 6.45) is 2.25. The first kappa shape index (κ1) is 8.91. The molecular formula is C10H13NOS. The number of carbonyl (C=O) groups is 1. The van der Waals surface area contributed by atoms with Crippen molar-refractivity contribution in [1.29, 1.82) is 0 Å². The number of rotatable bonds is 3. The standard InChI is InChI=1S/C10H13NOS/c1-7-4-8(6-13-7)5-9(12)10(11)2-3-10/h4,6H,2-3,5,11H2,1H3. The van der Waals surface area contributed by atoms with Gasteiger partial charge in [-0.05, 0) is 36.8 Å². The van der Waals surface area contributed by atoms with Crippen molar-refractivity contribution in [2.75, 3.05) is 0 Å². The topological polar surface area (TPSA) is 43.1 Å². The second-order valence-corrected chi connectivity index (χ2v) is 4.94. The van der Waals surface area contributed by atoms with Gasteiger partial charge in [-0.25, -0.2) is 0 Å². The van der Waals surface area contributed by atoms with Crippen molar-refractivity contribution >= 4 is 17.1 Å². The molecule has 1 aromatic rings. The maximum absolute atomic E-state index is 11.6. The molecule has 1 fully saturated rings. The van der Waals surface area contributed by atoms with E-state index in [1.54, 1.807) is 11.3 Å². The van der Waals surface area contributed by atoms with Gasteiger partial charge in [-0.3, -0.25) is 4.79 Å². The molecule has 2 nitrogen and oxygen atoms in total. The first-order valence-corrected chi connectivity index (χ1v) is 5.34.